The third-order valence-electron chi connectivity index (χ3n) is 4.01. The van der Waals surface area contributed by atoms with Crippen LogP contribution in [0.4, 0.5) is 0 Å². The standard InChI is InChI=1S/C16H25NO3/c1-12-5-7-17(8-6-12)11-13-9-14(18-2)16(20-4)15(10-13)19-3/h9-10,12H,5-8,11H2,1-4H3. The van der Waals surface area contributed by atoms with Crippen molar-refractivity contribution in [1.29, 1.82) is 0 Å². The molecule has 1 aliphatic heterocycles. The highest BCUT2D eigenvalue weighted by Gasteiger charge is 2.18. The van der Waals surface area contributed by atoms with Crippen molar-refractivity contribution in [1.82, 2.24) is 4.90 Å². The Morgan fingerprint density at radius 2 is 1.55 bits per heavy atom. The maximum Gasteiger partial charge on any atom is 0.203 e. The Hall–Kier alpha value is -1.42. The molecule has 2 rings (SSSR count). The molecule has 0 N–H and O–H groups in total. The Morgan fingerprint density at radius 3 is 2.00 bits per heavy atom. The Morgan fingerprint density at radius 1 is 1.00 bits per heavy atom. The van der Waals surface area contributed by atoms with Gasteiger partial charge in [-0.25, -0.2) is 0 Å². The van der Waals surface area contributed by atoms with E-state index in [1.807, 2.05) is 12.1 Å². The summed E-state index contributed by atoms with van der Waals surface area (Å²) in [4.78, 5) is 2.49. The lowest BCUT2D eigenvalue weighted by Crippen LogP contribution is -2.32. The molecule has 1 heterocycles. The van der Waals surface area contributed by atoms with E-state index in [0.717, 1.165) is 37.1 Å². The molecule has 1 aliphatic rings. The van der Waals surface area contributed by atoms with Crippen LogP contribution in [0.2, 0.25) is 0 Å². The second-order valence-electron chi connectivity index (χ2n) is 5.49. The molecule has 1 fully saturated rings. The van der Waals surface area contributed by atoms with Crippen LogP contribution in [0.15, 0.2) is 12.1 Å². The van der Waals surface area contributed by atoms with Crippen molar-refractivity contribution >= 4 is 0 Å². The molecule has 0 unspecified atom stereocenters. The van der Waals surface area contributed by atoms with Crippen LogP contribution in [-0.4, -0.2) is 39.3 Å². The molecule has 1 saturated heterocycles. The van der Waals surface area contributed by atoms with Crippen LogP contribution in [-0.2, 0) is 6.54 Å². The SMILES string of the molecule is COc1cc(CN2CCC(C)CC2)cc(OC)c1OC. The van der Waals surface area contributed by atoms with Crippen LogP contribution in [0.1, 0.15) is 25.3 Å². The van der Waals surface area contributed by atoms with Gasteiger partial charge in [0.2, 0.25) is 5.75 Å². The van der Waals surface area contributed by atoms with Crippen molar-refractivity contribution in [2.45, 2.75) is 26.3 Å². The number of methoxy groups -OCH3 is 3. The molecule has 0 amide bonds. The van der Waals surface area contributed by atoms with Gasteiger partial charge in [-0.3, -0.25) is 4.90 Å². The van der Waals surface area contributed by atoms with E-state index in [4.69, 9.17) is 14.2 Å². The molecule has 112 valence electrons. The minimum atomic E-state index is 0.658. The summed E-state index contributed by atoms with van der Waals surface area (Å²) in [7, 11) is 4.94. The first kappa shape index (κ1) is 15.0. The number of benzene rings is 1. The highest BCUT2D eigenvalue weighted by atomic mass is 16.5. The average molecular weight is 279 g/mol. The van der Waals surface area contributed by atoms with Crippen molar-refractivity contribution in [3.8, 4) is 17.2 Å². The quantitative estimate of drug-likeness (QED) is 0.829. The molecule has 1 aromatic rings. The van der Waals surface area contributed by atoms with Gasteiger partial charge in [-0.1, -0.05) is 6.92 Å². The maximum absolute atomic E-state index is 5.40. The largest absolute Gasteiger partial charge is 0.493 e. The number of piperidine rings is 1. The number of nitrogens with zero attached hydrogens (tertiary/aromatic N) is 1. The topological polar surface area (TPSA) is 30.9 Å². The molecular weight excluding hydrogens is 254 g/mol. The maximum atomic E-state index is 5.40. The normalized spacial score (nSPS) is 17.0. The first-order valence-corrected chi connectivity index (χ1v) is 7.19. The fourth-order valence-corrected chi connectivity index (χ4v) is 2.71. The lowest BCUT2D eigenvalue weighted by Gasteiger charge is -2.30. The minimum Gasteiger partial charge on any atom is -0.493 e. The van der Waals surface area contributed by atoms with Crippen molar-refractivity contribution < 1.29 is 14.2 Å². The number of ether oxygens (including phenoxy) is 3. The van der Waals surface area contributed by atoms with E-state index in [1.54, 1.807) is 21.3 Å². The van der Waals surface area contributed by atoms with E-state index in [-0.39, 0.29) is 0 Å². The van der Waals surface area contributed by atoms with Crippen molar-refractivity contribution in [3.63, 3.8) is 0 Å². The Bertz CT molecular complexity index is 414. The highest BCUT2D eigenvalue weighted by molar-refractivity contribution is 5.53. The predicted molar refractivity (Wildman–Crippen MR) is 79.8 cm³/mol. The summed E-state index contributed by atoms with van der Waals surface area (Å²) in [6.07, 6.45) is 2.56. The van der Waals surface area contributed by atoms with Crippen molar-refractivity contribution in [2.24, 2.45) is 5.92 Å². The number of rotatable bonds is 5. The van der Waals surface area contributed by atoms with Crippen LogP contribution in [0, 0.1) is 5.92 Å². The zero-order valence-electron chi connectivity index (χ0n) is 12.9. The van der Waals surface area contributed by atoms with Crippen molar-refractivity contribution in [3.05, 3.63) is 17.7 Å². The molecule has 4 nitrogen and oxygen atoms in total. The summed E-state index contributed by atoms with van der Waals surface area (Å²) < 4.78 is 16.2. The molecule has 0 spiro atoms. The number of likely N-dealkylation sites (tertiary alicyclic amines) is 1. The van der Waals surface area contributed by atoms with Gasteiger partial charge in [0.05, 0.1) is 21.3 Å². The highest BCUT2D eigenvalue weighted by Crippen LogP contribution is 2.38. The second-order valence-corrected chi connectivity index (χ2v) is 5.49. The molecule has 0 atom stereocenters. The smallest absolute Gasteiger partial charge is 0.203 e. The van der Waals surface area contributed by atoms with E-state index in [1.165, 1.54) is 18.4 Å². The second kappa shape index (κ2) is 6.84. The molecule has 0 aromatic heterocycles. The van der Waals surface area contributed by atoms with E-state index < -0.39 is 0 Å². The molecule has 0 bridgehead atoms. The Balaban J connectivity index is 2.15. The third kappa shape index (κ3) is 3.37. The monoisotopic (exact) mass is 279 g/mol. The van der Waals surface area contributed by atoms with Gasteiger partial charge in [0, 0.05) is 6.54 Å². The van der Waals surface area contributed by atoms with Gasteiger partial charge < -0.3 is 14.2 Å². The van der Waals surface area contributed by atoms with Crippen LogP contribution in [0.5, 0.6) is 17.2 Å². The third-order valence-corrected chi connectivity index (χ3v) is 4.01. The van der Waals surface area contributed by atoms with Crippen LogP contribution >= 0.6 is 0 Å². The summed E-state index contributed by atoms with van der Waals surface area (Å²) in [6, 6.07) is 4.08. The minimum absolute atomic E-state index is 0.658. The Labute approximate surface area is 121 Å². The average Bonchev–Trinajstić information content (AvgIpc) is 2.48. The summed E-state index contributed by atoms with van der Waals surface area (Å²) >= 11 is 0. The van der Waals surface area contributed by atoms with Crippen molar-refractivity contribution in [2.75, 3.05) is 34.4 Å². The summed E-state index contributed by atoms with van der Waals surface area (Å²) in [5.41, 5.74) is 1.20. The Kier molecular flexibility index (Phi) is 5.12. The van der Waals surface area contributed by atoms with E-state index in [0.29, 0.717) is 5.75 Å². The molecule has 0 radical (unpaired) electrons. The predicted octanol–water partition coefficient (Wildman–Crippen LogP) is 2.94. The molecule has 0 aliphatic carbocycles. The lowest BCUT2D eigenvalue weighted by molar-refractivity contribution is 0.185. The molecule has 0 saturated carbocycles. The van der Waals surface area contributed by atoms with Crippen LogP contribution in [0.3, 0.4) is 0 Å². The van der Waals surface area contributed by atoms with Gasteiger partial charge in [0.15, 0.2) is 11.5 Å². The summed E-state index contributed by atoms with van der Waals surface area (Å²) in [5, 5.41) is 0. The first-order valence-electron chi connectivity index (χ1n) is 7.19. The first-order chi connectivity index (χ1) is 9.67. The van der Waals surface area contributed by atoms with E-state index in [2.05, 4.69) is 11.8 Å². The zero-order valence-corrected chi connectivity index (χ0v) is 12.9. The molecule has 20 heavy (non-hydrogen) atoms. The van der Waals surface area contributed by atoms with Gasteiger partial charge >= 0.3 is 0 Å². The summed E-state index contributed by atoms with van der Waals surface area (Å²) in [6.45, 7) is 5.59. The molecule has 1 aromatic carbocycles. The van der Waals surface area contributed by atoms with Gasteiger partial charge in [-0.15, -0.1) is 0 Å². The van der Waals surface area contributed by atoms with Crippen LogP contribution in [0.25, 0.3) is 0 Å². The van der Waals surface area contributed by atoms with Gasteiger partial charge in [0.1, 0.15) is 0 Å². The summed E-state index contributed by atoms with van der Waals surface area (Å²) in [5.74, 6) is 2.97. The van der Waals surface area contributed by atoms with Gasteiger partial charge in [-0.2, -0.15) is 0 Å². The molecule has 4 heteroatoms. The lowest BCUT2D eigenvalue weighted by atomic mass is 9.99. The molecular formula is C16H25NO3. The zero-order chi connectivity index (χ0) is 14.5. The fraction of sp³-hybridized carbons (Fsp3) is 0.625. The fourth-order valence-electron chi connectivity index (χ4n) is 2.71. The van der Waals surface area contributed by atoms with Crippen LogP contribution < -0.4 is 14.2 Å². The van der Waals surface area contributed by atoms with E-state index in [9.17, 15) is 0 Å². The van der Waals surface area contributed by atoms with Gasteiger partial charge in [-0.05, 0) is 49.5 Å². The van der Waals surface area contributed by atoms with Gasteiger partial charge in [0.25, 0.3) is 0 Å². The number of hydrogen-bond donors (Lipinski definition) is 0. The number of hydrogen-bond acceptors (Lipinski definition) is 4. The van der Waals surface area contributed by atoms with E-state index >= 15 is 0 Å².